The Balaban J connectivity index is 0. The Hall–Kier alpha value is 0.627. The van der Waals surface area contributed by atoms with Crippen molar-refractivity contribution >= 4 is 11.4 Å². The van der Waals surface area contributed by atoms with Crippen LogP contribution in [0.5, 0.6) is 0 Å². The Labute approximate surface area is 68.3 Å². The summed E-state index contributed by atoms with van der Waals surface area (Å²) in [7, 11) is 0. The average molecular weight is 146 g/mol. The second-order valence-electron chi connectivity index (χ2n) is 1.29. The van der Waals surface area contributed by atoms with Gasteiger partial charge in [0, 0.05) is 0 Å². The minimum Gasteiger partial charge on any atom is -0.750 e. The molecule has 0 heterocycles. The van der Waals surface area contributed by atoms with E-state index in [1.165, 1.54) is 6.92 Å². The monoisotopic (exact) mass is 146 g/mol. The van der Waals surface area contributed by atoms with Crippen LogP contribution in [-0.4, -0.2) is 26.6 Å². The fourth-order valence-corrected chi connectivity index (χ4v) is 0.494. The summed E-state index contributed by atoms with van der Waals surface area (Å²) in [6.07, 6.45) is -0.631. The summed E-state index contributed by atoms with van der Waals surface area (Å²) in [5, 5.41) is 8.19. The molecule has 0 saturated heterocycles. The molecule has 0 bridgehead atoms. The number of hydrogen-bond acceptors (Lipinski definition) is 4. The fourth-order valence-electron chi connectivity index (χ4n) is 0.165. The van der Waals surface area contributed by atoms with Crippen molar-refractivity contribution in [1.82, 2.24) is 0 Å². The molecule has 0 radical (unpaired) electrons. The average Bonchev–Trinajstić information content (AvgIpc) is 1.65. The first-order valence-corrected chi connectivity index (χ1v) is 3.04. The zero-order chi connectivity index (χ0) is 6.57. The van der Waals surface area contributed by atoms with Gasteiger partial charge < -0.3 is 9.66 Å². The summed E-state index contributed by atoms with van der Waals surface area (Å²) in [4.78, 5) is 0. The van der Waals surface area contributed by atoms with Crippen LogP contribution >= 0.6 is 0 Å². The zero-order valence-corrected chi connectivity index (χ0v) is 6.18. The number of rotatable bonds is 3. The molecule has 6 heteroatoms. The van der Waals surface area contributed by atoms with Crippen molar-refractivity contribution in [2.75, 3.05) is 6.61 Å². The van der Waals surface area contributed by atoms with Crippen molar-refractivity contribution < 1.29 is 36.9 Å². The van der Waals surface area contributed by atoms with Crippen molar-refractivity contribution in [3.8, 4) is 0 Å². The van der Waals surface area contributed by atoms with Crippen molar-refractivity contribution in [3.05, 3.63) is 0 Å². The van der Waals surface area contributed by atoms with Crippen LogP contribution in [-0.2, 0) is 15.5 Å². The van der Waals surface area contributed by atoms with E-state index >= 15 is 0 Å². The first-order valence-electron chi connectivity index (χ1n) is 2.04. The molecule has 0 spiro atoms. The Morgan fingerprint density at radius 1 is 1.89 bits per heavy atom. The summed E-state index contributed by atoms with van der Waals surface area (Å²) in [5.41, 5.74) is 0. The van der Waals surface area contributed by atoms with Gasteiger partial charge in [0.1, 0.15) is 0 Å². The molecule has 2 unspecified atom stereocenters. The van der Waals surface area contributed by atoms with Gasteiger partial charge in [-0.2, -0.15) is 0 Å². The maximum Gasteiger partial charge on any atom is 1.00 e. The van der Waals surface area contributed by atoms with Gasteiger partial charge in [-0.25, -0.2) is 4.21 Å². The summed E-state index contributed by atoms with van der Waals surface area (Å²) in [6.45, 7) is 1.17. The van der Waals surface area contributed by atoms with E-state index in [0.717, 1.165) is 0 Å². The van der Waals surface area contributed by atoms with E-state index in [0.29, 0.717) is 0 Å². The first-order chi connectivity index (χ1) is 3.66. The third-order valence-corrected chi connectivity index (χ3v) is 0.986. The minimum atomic E-state index is -2.51. The van der Waals surface area contributed by atoms with Gasteiger partial charge >= 0.3 is 18.9 Å². The molecular formula is C3H7LiO4S. The Morgan fingerprint density at radius 3 is 2.44 bits per heavy atom. The molecule has 0 aromatic carbocycles. The topological polar surface area (TPSA) is 69.6 Å². The molecular weight excluding hydrogens is 139 g/mol. The largest absolute Gasteiger partial charge is 1.00 e. The first kappa shape index (κ1) is 12.3. The molecule has 0 aliphatic heterocycles. The number of aliphatic hydroxyl groups excluding tert-OH is 1. The Kier molecular flexibility index (Phi) is 9.23. The summed E-state index contributed by atoms with van der Waals surface area (Å²) >= 11 is -2.51. The molecule has 0 aliphatic rings. The maximum atomic E-state index is 9.64. The number of hydrogen-bond donors (Lipinski definition) is 1. The van der Waals surface area contributed by atoms with Crippen LogP contribution in [0, 0.1) is 0 Å². The predicted molar refractivity (Wildman–Crippen MR) is 26.6 cm³/mol. The van der Waals surface area contributed by atoms with Crippen LogP contribution in [0.3, 0.4) is 0 Å². The summed E-state index contributed by atoms with van der Waals surface area (Å²) in [6, 6.07) is 0. The van der Waals surface area contributed by atoms with Gasteiger partial charge in [-0.05, 0) is 6.92 Å². The van der Waals surface area contributed by atoms with Gasteiger partial charge in [-0.3, -0.25) is 4.18 Å². The summed E-state index contributed by atoms with van der Waals surface area (Å²) < 4.78 is 23.3. The van der Waals surface area contributed by atoms with Crippen molar-refractivity contribution in [2.45, 2.75) is 13.0 Å². The fraction of sp³-hybridized carbons (Fsp3) is 1.00. The van der Waals surface area contributed by atoms with Crippen molar-refractivity contribution in [2.24, 2.45) is 0 Å². The van der Waals surface area contributed by atoms with Crippen LogP contribution in [0.1, 0.15) is 6.92 Å². The minimum absolute atomic E-state index is 0. The molecule has 1 N–H and O–H groups in total. The molecule has 50 valence electrons. The van der Waals surface area contributed by atoms with E-state index < -0.39 is 17.5 Å². The quantitative estimate of drug-likeness (QED) is 0.327. The molecule has 4 nitrogen and oxygen atoms in total. The standard InChI is InChI=1S/C3H8O4S.Li/c1-3(2-4)7-8(5)6;/h3-4H,2H2,1H3,(H,5,6);/q;+1/p-1. The van der Waals surface area contributed by atoms with Gasteiger partial charge in [0.05, 0.1) is 24.1 Å². The van der Waals surface area contributed by atoms with E-state index in [1.807, 2.05) is 0 Å². The van der Waals surface area contributed by atoms with Crippen LogP contribution in [0.2, 0.25) is 0 Å². The molecule has 2 atom stereocenters. The molecule has 9 heavy (non-hydrogen) atoms. The van der Waals surface area contributed by atoms with Gasteiger partial charge in [0.2, 0.25) is 0 Å². The van der Waals surface area contributed by atoms with E-state index in [-0.39, 0.29) is 25.5 Å². The Morgan fingerprint density at radius 2 is 2.33 bits per heavy atom. The third-order valence-electron chi connectivity index (χ3n) is 0.500. The van der Waals surface area contributed by atoms with E-state index in [4.69, 9.17) is 5.11 Å². The van der Waals surface area contributed by atoms with Gasteiger partial charge in [0.25, 0.3) is 0 Å². The van der Waals surface area contributed by atoms with Crippen LogP contribution in [0.4, 0.5) is 0 Å². The second-order valence-corrected chi connectivity index (χ2v) is 1.89. The van der Waals surface area contributed by atoms with Gasteiger partial charge in [-0.1, -0.05) is 0 Å². The molecule has 0 aliphatic carbocycles. The third kappa shape index (κ3) is 8.63. The van der Waals surface area contributed by atoms with Crippen LogP contribution in [0.25, 0.3) is 0 Å². The molecule has 0 fully saturated rings. The molecule has 0 aromatic heterocycles. The van der Waals surface area contributed by atoms with E-state index in [9.17, 15) is 8.76 Å². The zero-order valence-electron chi connectivity index (χ0n) is 5.36. The van der Waals surface area contributed by atoms with Crippen molar-refractivity contribution in [1.29, 1.82) is 0 Å². The normalized spacial score (nSPS) is 15.9. The van der Waals surface area contributed by atoms with E-state index in [2.05, 4.69) is 4.18 Å². The van der Waals surface area contributed by atoms with Crippen molar-refractivity contribution in [3.63, 3.8) is 0 Å². The SMILES string of the molecule is CC(CO)OS(=O)[O-].[Li+]. The smallest absolute Gasteiger partial charge is 0.750 e. The van der Waals surface area contributed by atoms with Crippen LogP contribution in [0.15, 0.2) is 0 Å². The molecule has 0 amide bonds. The Bertz CT molecular complexity index is 87.9. The van der Waals surface area contributed by atoms with Crippen LogP contribution < -0.4 is 18.9 Å². The van der Waals surface area contributed by atoms with Gasteiger partial charge in [0.15, 0.2) is 0 Å². The maximum absolute atomic E-state index is 9.64. The second kappa shape index (κ2) is 6.74. The summed E-state index contributed by atoms with van der Waals surface area (Å²) in [5.74, 6) is 0. The van der Waals surface area contributed by atoms with Gasteiger partial charge in [-0.15, -0.1) is 0 Å². The molecule has 0 aromatic rings. The predicted octanol–water partition coefficient (Wildman–Crippen LogP) is -3.82. The molecule has 0 rings (SSSR count). The molecule has 0 saturated carbocycles. The van der Waals surface area contributed by atoms with E-state index in [1.54, 1.807) is 0 Å². The number of aliphatic hydroxyl groups is 1.